The first-order chi connectivity index (χ1) is 13.2. The summed E-state index contributed by atoms with van der Waals surface area (Å²) >= 11 is 0. The van der Waals surface area contributed by atoms with Gasteiger partial charge in [0.15, 0.2) is 5.96 Å². The Bertz CT molecular complexity index is 564. The maximum Gasteiger partial charge on any atom is 0.305 e. The number of nitrogens with one attached hydrogen (secondary N) is 2. The van der Waals surface area contributed by atoms with Crippen molar-refractivity contribution in [2.75, 3.05) is 46.3 Å². The molecule has 1 aromatic rings. The van der Waals surface area contributed by atoms with Gasteiger partial charge in [0.05, 0.1) is 13.7 Å². The van der Waals surface area contributed by atoms with Gasteiger partial charge in [0, 0.05) is 51.9 Å². The molecule has 7 nitrogen and oxygen atoms in total. The van der Waals surface area contributed by atoms with E-state index in [0.717, 1.165) is 56.0 Å². The van der Waals surface area contributed by atoms with E-state index in [1.807, 2.05) is 24.3 Å². The number of carbonyl (C=O) groups excluding carboxylic acids is 1. The van der Waals surface area contributed by atoms with Crippen molar-refractivity contribution in [3.8, 4) is 5.75 Å². The predicted molar refractivity (Wildman–Crippen MR) is 109 cm³/mol. The summed E-state index contributed by atoms with van der Waals surface area (Å²) in [6.07, 6.45) is 5.33. The van der Waals surface area contributed by atoms with Crippen LogP contribution in [0.15, 0.2) is 29.3 Å². The molecule has 0 radical (unpaired) electrons. The van der Waals surface area contributed by atoms with E-state index in [9.17, 15) is 4.79 Å². The van der Waals surface area contributed by atoms with E-state index < -0.39 is 0 Å². The van der Waals surface area contributed by atoms with Gasteiger partial charge >= 0.3 is 5.97 Å². The third kappa shape index (κ3) is 11.1. The van der Waals surface area contributed by atoms with E-state index >= 15 is 0 Å². The van der Waals surface area contributed by atoms with Crippen molar-refractivity contribution in [3.05, 3.63) is 24.3 Å². The fourth-order valence-corrected chi connectivity index (χ4v) is 2.43. The minimum Gasteiger partial charge on any atom is -0.493 e. The van der Waals surface area contributed by atoms with Crippen LogP contribution < -0.4 is 15.4 Å². The van der Waals surface area contributed by atoms with Gasteiger partial charge in [-0.15, -0.1) is 0 Å². The van der Waals surface area contributed by atoms with Crippen molar-refractivity contribution in [1.29, 1.82) is 0 Å². The first-order valence-corrected chi connectivity index (χ1v) is 9.46. The predicted octanol–water partition coefficient (Wildman–Crippen LogP) is 3.21. The number of anilines is 1. The standard InChI is InChI=1S/C20H33N3O4/c1-21-20(22-13-7-5-4-6-12-19(24)26-3)23-17-10-8-11-18(16-17)27-15-9-14-25-2/h8,10-11,16H,4-7,9,12-15H2,1-3H3,(H2,21,22,23). The number of esters is 1. The number of benzene rings is 1. The normalized spacial score (nSPS) is 11.1. The van der Waals surface area contributed by atoms with Crippen LogP contribution in [-0.4, -0.2) is 53.0 Å². The number of carbonyl (C=O) groups is 1. The molecule has 0 saturated carbocycles. The van der Waals surface area contributed by atoms with Gasteiger partial charge in [0.1, 0.15) is 5.75 Å². The monoisotopic (exact) mass is 379 g/mol. The molecule has 1 aromatic carbocycles. The number of guanidine groups is 1. The summed E-state index contributed by atoms with van der Waals surface area (Å²) in [5.41, 5.74) is 0.922. The molecule has 0 fully saturated rings. The summed E-state index contributed by atoms with van der Waals surface area (Å²) in [5, 5.41) is 6.57. The molecule has 0 aliphatic carbocycles. The number of methoxy groups -OCH3 is 2. The van der Waals surface area contributed by atoms with Gasteiger partial charge < -0.3 is 24.8 Å². The number of ether oxygens (including phenoxy) is 3. The Hall–Kier alpha value is -2.28. The molecule has 152 valence electrons. The molecule has 1 rings (SSSR count). The van der Waals surface area contributed by atoms with Crippen LogP contribution in [0.25, 0.3) is 0 Å². The summed E-state index contributed by atoms with van der Waals surface area (Å²) in [6.45, 7) is 2.14. The first kappa shape index (κ1) is 22.8. The highest BCUT2D eigenvalue weighted by molar-refractivity contribution is 5.93. The van der Waals surface area contributed by atoms with Gasteiger partial charge in [-0.1, -0.05) is 18.9 Å². The van der Waals surface area contributed by atoms with Crippen LogP contribution in [0.5, 0.6) is 5.75 Å². The Morgan fingerprint density at radius 1 is 1.07 bits per heavy atom. The van der Waals surface area contributed by atoms with Crippen molar-refractivity contribution < 1.29 is 19.0 Å². The van der Waals surface area contributed by atoms with Crippen molar-refractivity contribution in [1.82, 2.24) is 5.32 Å². The van der Waals surface area contributed by atoms with Gasteiger partial charge in [0.25, 0.3) is 0 Å². The summed E-state index contributed by atoms with van der Waals surface area (Å²) in [4.78, 5) is 15.3. The number of rotatable bonds is 13. The van der Waals surface area contributed by atoms with Crippen LogP contribution in [0, 0.1) is 0 Å². The van der Waals surface area contributed by atoms with E-state index in [1.165, 1.54) is 7.11 Å². The molecule has 0 amide bonds. The summed E-state index contributed by atoms with van der Waals surface area (Å²) in [5.74, 6) is 1.40. The molecule has 0 heterocycles. The summed E-state index contributed by atoms with van der Waals surface area (Å²) < 4.78 is 15.4. The highest BCUT2D eigenvalue weighted by atomic mass is 16.5. The van der Waals surface area contributed by atoms with E-state index in [-0.39, 0.29) is 5.97 Å². The highest BCUT2D eigenvalue weighted by Crippen LogP contribution is 2.17. The molecule has 0 aromatic heterocycles. The lowest BCUT2D eigenvalue weighted by molar-refractivity contribution is -0.140. The Labute approximate surface area is 162 Å². The van der Waals surface area contributed by atoms with Gasteiger partial charge in [-0.25, -0.2) is 0 Å². The van der Waals surface area contributed by atoms with Crippen LogP contribution >= 0.6 is 0 Å². The minimum atomic E-state index is -0.136. The van der Waals surface area contributed by atoms with E-state index in [1.54, 1.807) is 14.2 Å². The van der Waals surface area contributed by atoms with E-state index in [4.69, 9.17) is 9.47 Å². The molecular formula is C20H33N3O4. The van der Waals surface area contributed by atoms with Crippen molar-refractivity contribution >= 4 is 17.6 Å². The zero-order valence-electron chi connectivity index (χ0n) is 16.8. The molecule has 0 unspecified atom stereocenters. The average molecular weight is 380 g/mol. The van der Waals surface area contributed by atoms with E-state index in [0.29, 0.717) is 19.6 Å². The number of aliphatic imine (C=N–C) groups is 1. The van der Waals surface area contributed by atoms with E-state index in [2.05, 4.69) is 20.4 Å². The van der Waals surface area contributed by atoms with Gasteiger partial charge in [-0.3, -0.25) is 9.79 Å². The number of unbranched alkanes of at least 4 members (excludes halogenated alkanes) is 3. The topological polar surface area (TPSA) is 81.2 Å². The van der Waals surface area contributed by atoms with Crippen LogP contribution in [0.3, 0.4) is 0 Å². The fraction of sp³-hybridized carbons (Fsp3) is 0.600. The molecule has 0 spiro atoms. The number of hydrogen-bond donors (Lipinski definition) is 2. The number of hydrogen-bond acceptors (Lipinski definition) is 5. The maximum absolute atomic E-state index is 11.0. The molecular weight excluding hydrogens is 346 g/mol. The second-order valence-corrected chi connectivity index (χ2v) is 6.09. The van der Waals surface area contributed by atoms with Gasteiger partial charge in [-0.05, 0) is 25.0 Å². The third-order valence-corrected chi connectivity index (χ3v) is 3.91. The minimum absolute atomic E-state index is 0.136. The Morgan fingerprint density at radius 3 is 2.63 bits per heavy atom. The zero-order chi connectivity index (χ0) is 19.7. The Kier molecular flexibility index (Phi) is 12.5. The van der Waals surface area contributed by atoms with Crippen LogP contribution in [-0.2, 0) is 14.3 Å². The van der Waals surface area contributed by atoms with Crippen molar-refractivity contribution in [2.45, 2.75) is 38.5 Å². The lowest BCUT2D eigenvalue weighted by Gasteiger charge is -2.13. The fourth-order valence-electron chi connectivity index (χ4n) is 2.43. The lowest BCUT2D eigenvalue weighted by Crippen LogP contribution is -2.31. The van der Waals surface area contributed by atoms with Crippen molar-refractivity contribution in [3.63, 3.8) is 0 Å². The Morgan fingerprint density at radius 2 is 1.89 bits per heavy atom. The SMILES string of the molecule is CN=C(NCCCCCCC(=O)OC)Nc1cccc(OCCCOC)c1. The second-order valence-electron chi connectivity index (χ2n) is 6.09. The molecule has 0 saturated heterocycles. The molecule has 0 aliphatic heterocycles. The molecule has 7 heteroatoms. The second kappa shape index (κ2) is 14.8. The zero-order valence-corrected chi connectivity index (χ0v) is 16.8. The molecule has 0 atom stereocenters. The smallest absolute Gasteiger partial charge is 0.305 e. The van der Waals surface area contributed by atoms with Gasteiger partial charge in [-0.2, -0.15) is 0 Å². The molecule has 0 bridgehead atoms. The van der Waals surface area contributed by atoms with Crippen LogP contribution in [0.2, 0.25) is 0 Å². The van der Waals surface area contributed by atoms with Crippen LogP contribution in [0.1, 0.15) is 38.5 Å². The summed E-state index contributed by atoms with van der Waals surface area (Å²) in [6, 6.07) is 7.80. The van der Waals surface area contributed by atoms with Gasteiger partial charge in [0.2, 0.25) is 0 Å². The summed E-state index contributed by atoms with van der Waals surface area (Å²) in [7, 11) is 4.86. The quantitative estimate of drug-likeness (QED) is 0.237. The van der Waals surface area contributed by atoms with Crippen LogP contribution in [0.4, 0.5) is 5.69 Å². The first-order valence-electron chi connectivity index (χ1n) is 9.46. The molecule has 2 N–H and O–H groups in total. The third-order valence-electron chi connectivity index (χ3n) is 3.91. The highest BCUT2D eigenvalue weighted by Gasteiger charge is 2.02. The van der Waals surface area contributed by atoms with Crippen molar-refractivity contribution in [2.24, 2.45) is 4.99 Å². The molecule has 27 heavy (non-hydrogen) atoms. The maximum atomic E-state index is 11.0. The molecule has 0 aliphatic rings. The largest absolute Gasteiger partial charge is 0.493 e. The lowest BCUT2D eigenvalue weighted by atomic mass is 10.1. The Balaban J connectivity index is 2.26. The average Bonchev–Trinajstić information content (AvgIpc) is 2.69. The number of nitrogens with zero attached hydrogens (tertiary/aromatic N) is 1.